The molecule has 1 rings (SSSR count). The molecule has 1 heterocycles. The van der Waals surface area contributed by atoms with Crippen molar-refractivity contribution in [1.29, 1.82) is 0 Å². The van der Waals surface area contributed by atoms with Crippen LogP contribution < -0.4 is 0 Å². The molecule has 0 fully saturated rings. The molecule has 0 aromatic carbocycles. The smallest absolute Gasteiger partial charge is 0.340 e. The van der Waals surface area contributed by atoms with Crippen molar-refractivity contribution in [2.45, 2.75) is 24.9 Å². The first-order valence-electron chi connectivity index (χ1n) is 5.21. The van der Waals surface area contributed by atoms with E-state index in [4.69, 9.17) is 5.11 Å². The van der Waals surface area contributed by atoms with E-state index in [1.807, 2.05) is 0 Å². The molecule has 8 heteroatoms. The van der Waals surface area contributed by atoms with Crippen LogP contribution in [0.5, 0.6) is 0 Å². The Labute approximate surface area is 105 Å². The van der Waals surface area contributed by atoms with Crippen LogP contribution in [-0.2, 0) is 10.0 Å². The Morgan fingerprint density at radius 1 is 1.67 bits per heavy atom. The minimum Gasteiger partial charge on any atom is -0.478 e. The first-order valence-corrected chi connectivity index (χ1v) is 6.65. The number of nitrogens with one attached hydrogen (secondary N) is 1. The molecule has 0 spiro atoms. The van der Waals surface area contributed by atoms with E-state index < -0.39 is 21.0 Å². The van der Waals surface area contributed by atoms with Gasteiger partial charge < -0.3 is 5.11 Å². The second-order valence-corrected chi connectivity index (χ2v) is 5.70. The highest BCUT2D eigenvalue weighted by Gasteiger charge is 2.31. The number of aromatic nitrogens is 2. The predicted molar refractivity (Wildman–Crippen MR) is 64.8 cm³/mol. The largest absolute Gasteiger partial charge is 0.478 e. The Morgan fingerprint density at radius 2 is 2.28 bits per heavy atom. The van der Waals surface area contributed by atoms with Gasteiger partial charge in [0.05, 0.1) is 6.20 Å². The first-order chi connectivity index (χ1) is 8.32. The highest BCUT2D eigenvalue weighted by Crippen LogP contribution is 2.19. The van der Waals surface area contributed by atoms with Crippen molar-refractivity contribution in [3.8, 4) is 0 Å². The number of H-pyrrole nitrogens is 1. The number of carbonyl (C=O) groups is 1. The molecule has 0 saturated carbocycles. The third-order valence-corrected chi connectivity index (χ3v) is 4.30. The van der Waals surface area contributed by atoms with Crippen molar-refractivity contribution in [2.24, 2.45) is 0 Å². The lowest BCUT2D eigenvalue weighted by Crippen LogP contribution is -2.37. The molecule has 1 aromatic heterocycles. The minimum absolute atomic E-state index is 0.0953. The second kappa shape index (κ2) is 5.32. The number of carboxylic acids is 1. The lowest BCUT2D eigenvalue weighted by molar-refractivity contribution is 0.0692. The second-order valence-electron chi connectivity index (χ2n) is 3.88. The molecule has 0 aliphatic heterocycles. The summed E-state index contributed by atoms with van der Waals surface area (Å²) in [5.41, 5.74) is -0.371. The monoisotopic (exact) mass is 273 g/mol. The fourth-order valence-corrected chi connectivity index (χ4v) is 3.13. The molecule has 0 aliphatic carbocycles. The summed E-state index contributed by atoms with van der Waals surface area (Å²) in [6.07, 6.45) is 2.41. The van der Waals surface area contributed by atoms with E-state index in [1.165, 1.54) is 6.08 Å². The van der Waals surface area contributed by atoms with Gasteiger partial charge in [0.15, 0.2) is 5.03 Å². The SMILES string of the molecule is C=CCN(C(C)C)S(=O)(=O)c1[nH]ncc1C(=O)O. The van der Waals surface area contributed by atoms with E-state index in [-0.39, 0.29) is 18.2 Å². The Hall–Kier alpha value is -1.67. The Balaban J connectivity index is 3.31. The van der Waals surface area contributed by atoms with Gasteiger partial charge in [-0.1, -0.05) is 6.08 Å². The van der Waals surface area contributed by atoms with Gasteiger partial charge in [0.25, 0.3) is 10.0 Å². The molecule has 0 radical (unpaired) electrons. The minimum atomic E-state index is -3.93. The molecular weight excluding hydrogens is 258 g/mol. The fraction of sp³-hybridized carbons (Fsp3) is 0.400. The van der Waals surface area contributed by atoms with Crippen molar-refractivity contribution in [1.82, 2.24) is 14.5 Å². The highest BCUT2D eigenvalue weighted by molar-refractivity contribution is 7.89. The van der Waals surface area contributed by atoms with Crippen molar-refractivity contribution < 1.29 is 18.3 Å². The molecule has 18 heavy (non-hydrogen) atoms. The van der Waals surface area contributed by atoms with E-state index in [9.17, 15) is 13.2 Å². The average molecular weight is 273 g/mol. The van der Waals surface area contributed by atoms with Gasteiger partial charge in [-0.2, -0.15) is 9.40 Å². The Kier molecular flexibility index (Phi) is 4.25. The van der Waals surface area contributed by atoms with Crippen molar-refractivity contribution in [3.05, 3.63) is 24.4 Å². The van der Waals surface area contributed by atoms with E-state index in [0.29, 0.717) is 0 Å². The molecule has 2 N–H and O–H groups in total. The maximum atomic E-state index is 12.3. The molecule has 0 atom stereocenters. The van der Waals surface area contributed by atoms with Crippen LogP contribution in [0.3, 0.4) is 0 Å². The first kappa shape index (κ1) is 14.4. The van der Waals surface area contributed by atoms with Gasteiger partial charge >= 0.3 is 5.97 Å². The zero-order chi connectivity index (χ0) is 13.9. The normalized spacial score (nSPS) is 12.0. The van der Waals surface area contributed by atoms with Crippen molar-refractivity contribution in [3.63, 3.8) is 0 Å². The zero-order valence-corrected chi connectivity index (χ0v) is 10.9. The number of nitrogens with zero attached hydrogens (tertiary/aromatic N) is 2. The molecule has 100 valence electrons. The Morgan fingerprint density at radius 3 is 2.72 bits per heavy atom. The molecule has 0 saturated heterocycles. The quantitative estimate of drug-likeness (QED) is 0.742. The van der Waals surface area contributed by atoms with E-state index >= 15 is 0 Å². The number of aromatic amines is 1. The van der Waals surface area contributed by atoms with Gasteiger partial charge in [-0.15, -0.1) is 6.58 Å². The summed E-state index contributed by atoms with van der Waals surface area (Å²) in [7, 11) is -3.93. The third kappa shape index (κ3) is 2.59. The van der Waals surface area contributed by atoms with E-state index in [2.05, 4.69) is 16.8 Å². The standard InChI is InChI=1S/C10H15N3O4S/c1-4-5-13(7(2)3)18(16,17)9-8(10(14)15)6-11-12-9/h4,6-7H,1,5H2,2-3H3,(H,11,12)(H,14,15). The molecule has 0 bridgehead atoms. The van der Waals surface area contributed by atoms with Crippen LogP contribution in [0.4, 0.5) is 0 Å². The summed E-state index contributed by atoms with van der Waals surface area (Å²) in [6, 6.07) is -0.321. The number of hydrogen-bond acceptors (Lipinski definition) is 4. The van der Waals surface area contributed by atoms with Gasteiger partial charge in [-0.3, -0.25) is 5.10 Å². The molecule has 0 aliphatic rings. The van der Waals surface area contributed by atoms with Crippen LogP contribution in [0.25, 0.3) is 0 Å². The van der Waals surface area contributed by atoms with Crippen LogP contribution >= 0.6 is 0 Å². The third-order valence-electron chi connectivity index (χ3n) is 2.29. The van der Waals surface area contributed by atoms with Crippen LogP contribution in [0.2, 0.25) is 0 Å². The lowest BCUT2D eigenvalue weighted by atomic mass is 10.4. The van der Waals surface area contributed by atoms with Crippen molar-refractivity contribution >= 4 is 16.0 Å². The fourth-order valence-electron chi connectivity index (χ4n) is 1.45. The van der Waals surface area contributed by atoms with Crippen LogP contribution in [0, 0.1) is 0 Å². The van der Waals surface area contributed by atoms with Gasteiger partial charge in [0, 0.05) is 12.6 Å². The number of carboxylic acid groups (broad SMARTS) is 1. The summed E-state index contributed by atoms with van der Waals surface area (Å²) < 4.78 is 25.7. The summed E-state index contributed by atoms with van der Waals surface area (Å²) in [5, 5.41) is 14.2. The Bertz CT molecular complexity index is 547. The van der Waals surface area contributed by atoms with Crippen LogP contribution in [-0.4, -0.2) is 46.6 Å². The summed E-state index contributed by atoms with van der Waals surface area (Å²) in [4.78, 5) is 10.9. The molecule has 1 aromatic rings. The average Bonchev–Trinajstić information content (AvgIpc) is 2.74. The molecule has 0 amide bonds. The molecule has 7 nitrogen and oxygen atoms in total. The van der Waals surface area contributed by atoms with Crippen LogP contribution in [0.15, 0.2) is 23.9 Å². The highest BCUT2D eigenvalue weighted by atomic mass is 32.2. The van der Waals surface area contributed by atoms with Gasteiger partial charge in [0.2, 0.25) is 0 Å². The lowest BCUT2D eigenvalue weighted by Gasteiger charge is -2.23. The summed E-state index contributed by atoms with van der Waals surface area (Å²) in [6.45, 7) is 6.97. The predicted octanol–water partition coefficient (Wildman–Crippen LogP) is 0.693. The van der Waals surface area contributed by atoms with Gasteiger partial charge in [-0.25, -0.2) is 13.2 Å². The van der Waals surface area contributed by atoms with E-state index in [0.717, 1.165) is 10.5 Å². The maximum absolute atomic E-state index is 12.3. The van der Waals surface area contributed by atoms with Crippen LogP contribution in [0.1, 0.15) is 24.2 Å². The maximum Gasteiger partial charge on any atom is 0.340 e. The topological polar surface area (TPSA) is 103 Å². The number of rotatable bonds is 6. The molecular formula is C10H15N3O4S. The zero-order valence-electron chi connectivity index (χ0n) is 10.1. The molecule has 0 unspecified atom stereocenters. The number of hydrogen-bond donors (Lipinski definition) is 2. The number of aromatic carboxylic acids is 1. The summed E-state index contributed by atoms with van der Waals surface area (Å²) in [5.74, 6) is -1.34. The summed E-state index contributed by atoms with van der Waals surface area (Å²) >= 11 is 0. The number of sulfonamides is 1. The van der Waals surface area contributed by atoms with Crippen molar-refractivity contribution in [2.75, 3.05) is 6.54 Å². The van der Waals surface area contributed by atoms with Gasteiger partial charge in [-0.05, 0) is 13.8 Å². The van der Waals surface area contributed by atoms with E-state index in [1.54, 1.807) is 13.8 Å². The van der Waals surface area contributed by atoms with Gasteiger partial charge in [0.1, 0.15) is 5.56 Å².